The van der Waals surface area contributed by atoms with Crippen LogP contribution in [-0.4, -0.2) is 37.2 Å². The van der Waals surface area contributed by atoms with Crippen molar-refractivity contribution in [1.29, 1.82) is 0 Å². The lowest BCUT2D eigenvalue weighted by Gasteiger charge is -2.14. The Kier molecular flexibility index (Phi) is 5.51. The highest BCUT2D eigenvalue weighted by Gasteiger charge is 2.37. The summed E-state index contributed by atoms with van der Waals surface area (Å²) in [6.45, 7) is 1.72. The second kappa shape index (κ2) is 8.21. The largest absolute Gasteiger partial charge is 0.478 e. The fraction of sp³-hybridized carbons (Fsp3) is 0.0435. The fourth-order valence-corrected chi connectivity index (χ4v) is 4.06. The summed E-state index contributed by atoms with van der Waals surface area (Å²) in [7, 11) is -3.95. The van der Waals surface area contributed by atoms with Crippen LogP contribution in [0.25, 0.3) is 0 Å². The van der Waals surface area contributed by atoms with Crippen molar-refractivity contribution < 1.29 is 32.7 Å². The minimum absolute atomic E-state index is 0.0180. The van der Waals surface area contributed by atoms with Gasteiger partial charge in [0.05, 0.1) is 33.0 Å². The number of nitrogens with one attached hydrogen (secondary N) is 1. The lowest BCUT2D eigenvalue weighted by atomic mass is 10.0. The Hall–Kier alpha value is -4.35. The molecule has 11 heteroatoms. The van der Waals surface area contributed by atoms with Crippen LogP contribution in [0.4, 0.5) is 11.4 Å². The van der Waals surface area contributed by atoms with E-state index in [-0.39, 0.29) is 38.5 Å². The Morgan fingerprint density at radius 3 is 2.18 bits per heavy atom. The van der Waals surface area contributed by atoms with Crippen molar-refractivity contribution in [2.75, 3.05) is 10.2 Å². The highest BCUT2D eigenvalue weighted by Crippen LogP contribution is 2.30. The number of aromatic carboxylic acids is 1. The molecule has 0 aliphatic carbocycles. The third kappa shape index (κ3) is 4.05. The topological polar surface area (TPSA) is 164 Å². The Morgan fingerprint density at radius 1 is 0.912 bits per heavy atom. The number of anilines is 2. The van der Waals surface area contributed by atoms with E-state index in [4.69, 9.17) is 5.14 Å². The van der Waals surface area contributed by atoms with Crippen LogP contribution in [0.1, 0.15) is 47.0 Å². The quantitative estimate of drug-likeness (QED) is 0.473. The summed E-state index contributed by atoms with van der Waals surface area (Å²) in [5, 5.41) is 17.0. The summed E-state index contributed by atoms with van der Waals surface area (Å²) >= 11 is 0. The van der Waals surface area contributed by atoms with Gasteiger partial charge in [-0.15, -0.1) is 0 Å². The summed E-state index contributed by atoms with van der Waals surface area (Å²) in [6.07, 6.45) is 0. The number of carboxylic acid groups (broad SMARTS) is 1. The van der Waals surface area contributed by atoms with E-state index in [1.165, 1.54) is 54.6 Å². The van der Waals surface area contributed by atoms with Crippen molar-refractivity contribution in [3.8, 4) is 0 Å². The number of benzene rings is 3. The Balaban J connectivity index is 1.63. The van der Waals surface area contributed by atoms with E-state index < -0.39 is 33.7 Å². The van der Waals surface area contributed by atoms with Gasteiger partial charge in [-0.3, -0.25) is 14.4 Å². The molecular weight excluding hydrogens is 462 g/mol. The van der Waals surface area contributed by atoms with Crippen LogP contribution in [0.2, 0.25) is 0 Å². The number of amides is 3. The van der Waals surface area contributed by atoms with Crippen molar-refractivity contribution in [3.63, 3.8) is 0 Å². The van der Waals surface area contributed by atoms with E-state index >= 15 is 0 Å². The molecule has 4 N–H and O–H groups in total. The van der Waals surface area contributed by atoms with Crippen LogP contribution in [-0.2, 0) is 10.0 Å². The molecule has 1 aliphatic heterocycles. The SMILES string of the molecule is Cc1ccc(NC(=O)c2ccc3c(c2)C(=O)N(c2ccc(S(N)(=O)=O)cc2)C3=O)c(C(=O)O)c1. The number of rotatable bonds is 5. The lowest BCUT2D eigenvalue weighted by Crippen LogP contribution is -2.29. The van der Waals surface area contributed by atoms with Gasteiger partial charge in [-0.2, -0.15) is 0 Å². The molecule has 0 atom stereocenters. The van der Waals surface area contributed by atoms with Crippen molar-refractivity contribution in [2.24, 2.45) is 5.14 Å². The maximum absolute atomic E-state index is 13.0. The molecule has 0 saturated heterocycles. The van der Waals surface area contributed by atoms with E-state index in [2.05, 4.69) is 5.32 Å². The van der Waals surface area contributed by atoms with Gasteiger partial charge in [0.1, 0.15) is 0 Å². The van der Waals surface area contributed by atoms with E-state index in [1.54, 1.807) is 13.0 Å². The first kappa shape index (κ1) is 22.8. The zero-order chi connectivity index (χ0) is 24.8. The van der Waals surface area contributed by atoms with Crippen LogP contribution in [0.3, 0.4) is 0 Å². The van der Waals surface area contributed by atoms with Gasteiger partial charge in [-0.1, -0.05) is 11.6 Å². The molecule has 172 valence electrons. The number of sulfonamides is 1. The zero-order valence-corrected chi connectivity index (χ0v) is 18.4. The molecule has 3 aromatic rings. The highest BCUT2D eigenvalue weighted by atomic mass is 32.2. The number of hydrogen-bond acceptors (Lipinski definition) is 6. The number of carbonyl (C=O) groups is 4. The summed E-state index contributed by atoms with van der Waals surface area (Å²) < 4.78 is 22.9. The van der Waals surface area contributed by atoms with Gasteiger partial charge in [0.25, 0.3) is 17.7 Å². The Bertz CT molecular complexity index is 1500. The first-order valence-electron chi connectivity index (χ1n) is 9.78. The molecule has 3 amide bonds. The van der Waals surface area contributed by atoms with Gasteiger partial charge >= 0.3 is 5.97 Å². The Labute approximate surface area is 193 Å². The zero-order valence-electron chi connectivity index (χ0n) is 17.6. The van der Waals surface area contributed by atoms with Gasteiger partial charge in [-0.25, -0.2) is 23.3 Å². The van der Waals surface area contributed by atoms with Crippen LogP contribution in [0, 0.1) is 6.92 Å². The van der Waals surface area contributed by atoms with Crippen molar-refractivity contribution in [2.45, 2.75) is 11.8 Å². The van der Waals surface area contributed by atoms with Crippen LogP contribution in [0.5, 0.6) is 0 Å². The number of carbonyl (C=O) groups excluding carboxylic acids is 3. The molecule has 4 rings (SSSR count). The third-order valence-corrected chi connectivity index (χ3v) is 6.16. The molecule has 0 aromatic heterocycles. The summed E-state index contributed by atoms with van der Waals surface area (Å²) in [5.74, 6) is -3.20. The van der Waals surface area contributed by atoms with Crippen LogP contribution in [0.15, 0.2) is 65.6 Å². The average molecular weight is 479 g/mol. The molecule has 0 radical (unpaired) electrons. The highest BCUT2D eigenvalue weighted by molar-refractivity contribution is 7.89. The fourth-order valence-electron chi connectivity index (χ4n) is 3.54. The molecule has 0 fully saturated rings. The van der Waals surface area contributed by atoms with E-state index in [9.17, 15) is 32.7 Å². The maximum atomic E-state index is 13.0. The molecule has 34 heavy (non-hydrogen) atoms. The second-order valence-corrected chi connectivity index (χ2v) is 9.11. The minimum atomic E-state index is -3.95. The smallest absolute Gasteiger partial charge is 0.337 e. The molecule has 1 heterocycles. The molecular formula is C23H17N3O7S. The summed E-state index contributed by atoms with van der Waals surface area (Å²) in [5.41, 5.74) is 0.930. The van der Waals surface area contributed by atoms with Gasteiger partial charge in [0, 0.05) is 5.56 Å². The maximum Gasteiger partial charge on any atom is 0.337 e. The number of hydrogen-bond donors (Lipinski definition) is 3. The molecule has 3 aromatic carbocycles. The van der Waals surface area contributed by atoms with E-state index in [1.807, 2.05) is 0 Å². The third-order valence-electron chi connectivity index (χ3n) is 5.23. The number of fused-ring (bicyclic) bond motifs is 1. The van der Waals surface area contributed by atoms with Crippen LogP contribution >= 0.6 is 0 Å². The van der Waals surface area contributed by atoms with Crippen molar-refractivity contribution >= 4 is 45.1 Å². The van der Waals surface area contributed by atoms with Crippen molar-refractivity contribution in [3.05, 3.63) is 88.5 Å². The number of nitrogens with two attached hydrogens (primary N) is 1. The van der Waals surface area contributed by atoms with Gasteiger partial charge < -0.3 is 10.4 Å². The number of nitrogens with zero attached hydrogens (tertiary/aromatic N) is 1. The molecule has 0 spiro atoms. The molecule has 0 unspecified atom stereocenters. The monoisotopic (exact) mass is 479 g/mol. The van der Waals surface area contributed by atoms with Gasteiger partial charge in [-0.05, 0) is 61.5 Å². The van der Waals surface area contributed by atoms with Crippen LogP contribution < -0.4 is 15.4 Å². The average Bonchev–Trinajstić information content (AvgIpc) is 3.03. The first-order valence-corrected chi connectivity index (χ1v) is 11.3. The number of primary sulfonamides is 1. The molecule has 0 saturated carbocycles. The van der Waals surface area contributed by atoms with Gasteiger partial charge in [0.15, 0.2) is 0 Å². The number of aryl methyl sites for hydroxylation is 1. The predicted molar refractivity (Wildman–Crippen MR) is 121 cm³/mol. The minimum Gasteiger partial charge on any atom is -0.478 e. The number of imide groups is 1. The van der Waals surface area contributed by atoms with Crippen molar-refractivity contribution in [1.82, 2.24) is 0 Å². The van der Waals surface area contributed by atoms with E-state index in [0.29, 0.717) is 5.56 Å². The molecule has 1 aliphatic rings. The normalized spacial score (nSPS) is 13.1. The summed E-state index contributed by atoms with van der Waals surface area (Å²) in [6, 6.07) is 13.4. The van der Waals surface area contributed by atoms with E-state index in [0.717, 1.165) is 4.90 Å². The van der Waals surface area contributed by atoms with Gasteiger partial charge in [0.2, 0.25) is 10.0 Å². The molecule has 0 bridgehead atoms. The Morgan fingerprint density at radius 2 is 1.56 bits per heavy atom. The first-order chi connectivity index (χ1) is 16.0. The standard InChI is InChI=1S/C23H17N3O7S/c1-12-2-9-19(18(10-12)23(30)31)25-20(27)13-3-8-16-17(11-13)22(29)26(21(16)28)14-4-6-15(7-5-14)34(24,32)33/h2-11H,1H3,(H,25,27)(H,30,31)(H2,24,32,33). The predicted octanol–water partition coefficient (Wildman–Crippen LogP) is 2.39. The second-order valence-electron chi connectivity index (χ2n) is 7.55. The lowest BCUT2D eigenvalue weighted by molar-refractivity contribution is 0.0697. The number of carboxylic acids is 1. The summed E-state index contributed by atoms with van der Waals surface area (Å²) in [4.78, 5) is 50.7. The molecule has 10 nitrogen and oxygen atoms in total.